The van der Waals surface area contributed by atoms with Crippen LogP contribution in [0.2, 0.25) is 15.1 Å². The first-order valence-electron chi connectivity index (χ1n) is 13.1. The van der Waals surface area contributed by atoms with Crippen molar-refractivity contribution in [1.82, 2.24) is 5.32 Å². The molecule has 1 unspecified atom stereocenters. The van der Waals surface area contributed by atoms with Crippen molar-refractivity contribution in [2.24, 2.45) is 0 Å². The molecule has 0 spiro atoms. The van der Waals surface area contributed by atoms with Crippen LogP contribution in [-0.2, 0) is 15.8 Å². The lowest BCUT2D eigenvalue weighted by Crippen LogP contribution is -2.30. The summed E-state index contributed by atoms with van der Waals surface area (Å²) in [6.07, 6.45) is -3.31. The fourth-order valence-electron chi connectivity index (χ4n) is 3.91. The van der Waals surface area contributed by atoms with E-state index in [2.05, 4.69) is 16.0 Å². The molecule has 3 amide bonds. The third-order valence-corrected chi connectivity index (χ3v) is 8.00. The van der Waals surface area contributed by atoms with Crippen molar-refractivity contribution in [2.45, 2.75) is 23.2 Å². The van der Waals surface area contributed by atoms with E-state index in [1.54, 1.807) is 66.7 Å². The quantitative estimate of drug-likeness (QED) is 0.121. The van der Waals surface area contributed by atoms with Crippen LogP contribution < -0.4 is 16.0 Å². The molecule has 0 heterocycles. The molecule has 0 fully saturated rings. The Bertz CT molecular complexity index is 1770. The van der Waals surface area contributed by atoms with Crippen molar-refractivity contribution in [3.05, 3.63) is 128 Å². The first kappa shape index (κ1) is 33.9. The molecule has 0 saturated carbocycles. The van der Waals surface area contributed by atoms with Crippen LogP contribution in [0.3, 0.4) is 0 Å². The van der Waals surface area contributed by atoms with E-state index in [9.17, 15) is 27.6 Å². The second-order valence-corrected chi connectivity index (χ2v) is 12.2. The first-order valence-corrected chi connectivity index (χ1v) is 15.1. The number of carbonyl (C=O) groups is 3. The summed E-state index contributed by atoms with van der Waals surface area (Å²) >= 11 is 19.1. The topological polar surface area (TPSA) is 87.3 Å². The SMILES string of the molecule is CC(Sc1cccc(NC(=O)/C(=C\c2ccc(Cl)cc2Cl)NC(=O)c2ccccc2)c1)C(=O)Nc1ccc(Cl)cc1C(F)(F)F. The number of rotatable bonds is 9. The minimum Gasteiger partial charge on any atom is -0.325 e. The summed E-state index contributed by atoms with van der Waals surface area (Å²) in [4.78, 5) is 39.7. The van der Waals surface area contributed by atoms with Crippen LogP contribution in [0.5, 0.6) is 0 Å². The fraction of sp³-hybridized carbons (Fsp3) is 0.0938. The molecule has 0 aliphatic heterocycles. The summed E-state index contributed by atoms with van der Waals surface area (Å²) in [5.41, 5.74) is -0.501. The standard InChI is InChI=1S/C32H23Cl3F3N3O3S/c1-18(29(42)40-27-13-12-21(33)15-25(27)32(36,37)38)45-24-9-5-8-23(17-24)39-31(44)28(14-20-10-11-22(34)16-26(20)35)41-30(43)19-6-3-2-4-7-19/h2-18H,1H3,(H,39,44)(H,40,42)(H,41,43)/b28-14+. The van der Waals surface area contributed by atoms with Crippen LogP contribution in [0.4, 0.5) is 24.5 Å². The van der Waals surface area contributed by atoms with Crippen LogP contribution >= 0.6 is 46.6 Å². The Morgan fingerprint density at radius 2 is 1.51 bits per heavy atom. The number of hydrogen-bond donors (Lipinski definition) is 3. The summed E-state index contributed by atoms with van der Waals surface area (Å²) in [6.45, 7) is 1.53. The normalized spacial score (nSPS) is 12.3. The number of benzene rings is 4. The number of thioether (sulfide) groups is 1. The molecule has 3 N–H and O–H groups in total. The molecule has 0 aliphatic rings. The number of hydrogen-bond acceptors (Lipinski definition) is 4. The highest BCUT2D eigenvalue weighted by Crippen LogP contribution is 2.37. The van der Waals surface area contributed by atoms with Crippen LogP contribution in [0.15, 0.2) is 102 Å². The van der Waals surface area contributed by atoms with E-state index in [0.717, 1.165) is 23.9 Å². The number of halogens is 6. The molecule has 0 radical (unpaired) electrons. The van der Waals surface area contributed by atoms with Gasteiger partial charge in [-0.25, -0.2) is 0 Å². The van der Waals surface area contributed by atoms with Gasteiger partial charge >= 0.3 is 6.18 Å². The monoisotopic (exact) mass is 691 g/mol. The van der Waals surface area contributed by atoms with Crippen molar-refractivity contribution >= 4 is 81.7 Å². The van der Waals surface area contributed by atoms with Crippen molar-refractivity contribution in [2.75, 3.05) is 10.6 Å². The Morgan fingerprint density at radius 1 is 0.822 bits per heavy atom. The molecular weight excluding hydrogens is 670 g/mol. The molecule has 0 aliphatic carbocycles. The summed E-state index contributed by atoms with van der Waals surface area (Å²) in [5, 5.41) is 7.37. The van der Waals surface area contributed by atoms with Gasteiger partial charge in [0.05, 0.1) is 16.5 Å². The Morgan fingerprint density at radius 3 is 2.20 bits per heavy atom. The van der Waals surface area contributed by atoms with Gasteiger partial charge in [0.25, 0.3) is 11.8 Å². The van der Waals surface area contributed by atoms with Crippen LogP contribution in [-0.4, -0.2) is 23.0 Å². The van der Waals surface area contributed by atoms with Gasteiger partial charge in [-0.3, -0.25) is 14.4 Å². The highest BCUT2D eigenvalue weighted by molar-refractivity contribution is 8.00. The Hall–Kier alpha value is -3.96. The number of amides is 3. The van der Waals surface area contributed by atoms with Crippen molar-refractivity contribution in [3.8, 4) is 0 Å². The molecular formula is C32H23Cl3F3N3O3S. The van der Waals surface area contributed by atoms with E-state index < -0.39 is 40.4 Å². The minimum atomic E-state index is -4.72. The minimum absolute atomic E-state index is 0.109. The van der Waals surface area contributed by atoms with Gasteiger partial charge in [-0.05, 0) is 79.2 Å². The highest BCUT2D eigenvalue weighted by atomic mass is 35.5. The van der Waals surface area contributed by atoms with Gasteiger partial charge in [-0.2, -0.15) is 13.2 Å². The average molecular weight is 693 g/mol. The Balaban J connectivity index is 1.51. The van der Waals surface area contributed by atoms with Gasteiger partial charge < -0.3 is 16.0 Å². The first-order chi connectivity index (χ1) is 21.3. The van der Waals surface area contributed by atoms with Gasteiger partial charge in [-0.15, -0.1) is 11.8 Å². The van der Waals surface area contributed by atoms with Crippen molar-refractivity contribution < 1.29 is 27.6 Å². The lowest BCUT2D eigenvalue weighted by molar-refractivity contribution is -0.137. The molecule has 4 rings (SSSR count). The maximum absolute atomic E-state index is 13.5. The van der Waals surface area contributed by atoms with Gasteiger partial charge in [-0.1, -0.05) is 65.1 Å². The van der Waals surface area contributed by atoms with E-state index >= 15 is 0 Å². The highest BCUT2D eigenvalue weighted by Gasteiger charge is 2.34. The second-order valence-electron chi connectivity index (χ2n) is 9.46. The molecule has 0 saturated heterocycles. The summed E-state index contributed by atoms with van der Waals surface area (Å²) in [7, 11) is 0. The zero-order valence-electron chi connectivity index (χ0n) is 23.2. The van der Waals surface area contributed by atoms with Crippen LogP contribution in [0, 0.1) is 0 Å². The van der Waals surface area contributed by atoms with E-state index in [1.165, 1.54) is 25.1 Å². The van der Waals surface area contributed by atoms with Crippen LogP contribution in [0.1, 0.15) is 28.4 Å². The van der Waals surface area contributed by atoms with Crippen molar-refractivity contribution in [1.29, 1.82) is 0 Å². The van der Waals surface area contributed by atoms with E-state index in [4.69, 9.17) is 34.8 Å². The largest absolute Gasteiger partial charge is 0.418 e. The molecule has 6 nitrogen and oxygen atoms in total. The zero-order valence-corrected chi connectivity index (χ0v) is 26.3. The Kier molecular flexibility index (Phi) is 11.2. The number of nitrogens with one attached hydrogen (secondary N) is 3. The molecule has 13 heteroatoms. The lowest BCUT2D eigenvalue weighted by atomic mass is 10.1. The molecule has 4 aromatic rings. The predicted molar refractivity (Wildman–Crippen MR) is 174 cm³/mol. The summed E-state index contributed by atoms with van der Waals surface area (Å²) in [5.74, 6) is -1.86. The van der Waals surface area contributed by atoms with Gasteiger partial charge in [0.1, 0.15) is 5.70 Å². The Labute approximate surface area is 275 Å². The molecule has 232 valence electrons. The van der Waals surface area contributed by atoms with E-state index in [1.807, 2.05) is 0 Å². The predicted octanol–water partition coefficient (Wildman–Crippen LogP) is 9.19. The second kappa shape index (κ2) is 14.9. The summed E-state index contributed by atoms with van der Waals surface area (Å²) in [6, 6.07) is 22.6. The van der Waals surface area contributed by atoms with Gasteiger partial charge in [0.15, 0.2) is 0 Å². The average Bonchev–Trinajstić information content (AvgIpc) is 2.99. The maximum Gasteiger partial charge on any atom is 0.418 e. The smallest absolute Gasteiger partial charge is 0.325 e. The zero-order chi connectivity index (χ0) is 32.7. The van der Waals surface area contributed by atoms with Gasteiger partial charge in [0, 0.05) is 31.2 Å². The number of alkyl halides is 3. The summed E-state index contributed by atoms with van der Waals surface area (Å²) < 4.78 is 40.4. The molecule has 1 atom stereocenters. The molecule has 45 heavy (non-hydrogen) atoms. The van der Waals surface area contributed by atoms with Gasteiger partial charge in [0.2, 0.25) is 5.91 Å². The van der Waals surface area contributed by atoms with Crippen LogP contribution in [0.25, 0.3) is 6.08 Å². The van der Waals surface area contributed by atoms with E-state index in [-0.39, 0.29) is 15.7 Å². The lowest BCUT2D eigenvalue weighted by Gasteiger charge is -2.17. The molecule has 0 bridgehead atoms. The number of carbonyl (C=O) groups excluding carboxylic acids is 3. The number of anilines is 2. The molecule has 4 aromatic carbocycles. The third kappa shape index (κ3) is 9.51. The van der Waals surface area contributed by atoms with E-state index in [0.29, 0.717) is 26.7 Å². The fourth-order valence-corrected chi connectivity index (χ4v) is 5.48. The maximum atomic E-state index is 13.5. The van der Waals surface area contributed by atoms with Crippen molar-refractivity contribution in [3.63, 3.8) is 0 Å². The third-order valence-electron chi connectivity index (χ3n) is 6.11. The molecule has 0 aromatic heterocycles.